The third kappa shape index (κ3) is 2.82. The van der Waals surface area contributed by atoms with E-state index >= 15 is 0 Å². The number of hydrogen-bond acceptors (Lipinski definition) is 3. The molecule has 0 heterocycles. The number of para-hydroxylation sites is 1. The molecule has 0 saturated carbocycles. The number of nitrogen functional groups attached to an aromatic ring is 1. The molecule has 0 radical (unpaired) electrons. The van der Waals surface area contributed by atoms with Crippen molar-refractivity contribution in [2.24, 2.45) is 5.84 Å². The van der Waals surface area contributed by atoms with Gasteiger partial charge in [0.2, 0.25) is 0 Å². The van der Waals surface area contributed by atoms with Gasteiger partial charge >= 0.3 is 0 Å². The van der Waals surface area contributed by atoms with Crippen LogP contribution in [-0.4, -0.2) is 0 Å². The third-order valence-electron chi connectivity index (χ3n) is 2.14. The van der Waals surface area contributed by atoms with E-state index in [0.29, 0.717) is 27.2 Å². The molecule has 88 valence electrons. The molecule has 17 heavy (non-hydrogen) atoms. The van der Waals surface area contributed by atoms with Gasteiger partial charge in [-0.2, -0.15) is 0 Å². The lowest BCUT2D eigenvalue weighted by Gasteiger charge is -2.10. The zero-order valence-corrected chi connectivity index (χ0v) is 10.3. The standard InChI is InChI=1S/C12H10Cl2N2O/c13-10-6-9(7-11(14)12(10)16-15)17-8-4-2-1-3-5-8/h1-7,16H,15H2. The fraction of sp³-hybridized carbons (Fsp3) is 0. The molecule has 0 aliphatic carbocycles. The van der Waals surface area contributed by atoms with E-state index in [1.165, 1.54) is 0 Å². The second kappa shape index (κ2) is 5.27. The van der Waals surface area contributed by atoms with Crippen molar-refractivity contribution in [3.05, 3.63) is 52.5 Å². The van der Waals surface area contributed by atoms with Gasteiger partial charge in [0, 0.05) is 12.1 Å². The summed E-state index contributed by atoms with van der Waals surface area (Å²) in [5.74, 6) is 6.57. The molecule has 3 nitrogen and oxygen atoms in total. The Labute approximate surface area is 109 Å². The summed E-state index contributed by atoms with van der Waals surface area (Å²) in [7, 11) is 0. The van der Waals surface area contributed by atoms with E-state index in [1.807, 2.05) is 30.3 Å². The van der Waals surface area contributed by atoms with Crippen LogP contribution in [0, 0.1) is 0 Å². The van der Waals surface area contributed by atoms with Gasteiger partial charge < -0.3 is 10.2 Å². The maximum absolute atomic E-state index is 5.99. The second-order valence-electron chi connectivity index (χ2n) is 3.32. The van der Waals surface area contributed by atoms with Gasteiger partial charge in [-0.1, -0.05) is 41.4 Å². The van der Waals surface area contributed by atoms with Crippen LogP contribution in [0.1, 0.15) is 0 Å². The van der Waals surface area contributed by atoms with Gasteiger partial charge in [-0.3, -0.25) is 5.84 Å². The lowest BCUT2D eigenvalue weighted by molar-refractivity contribution is 0.483. The summed E-state index contributed by atoms with van der Waals surface area (Å²) in [5.41, 5.74) is 2.92. The van der Waals surface area contributed by atoms with Crippen LogP contribution in [0.25, 0.3) is 0 Å². The summed E-state index contributed by atoms with van der Waals surface area (Å²) < 4.78 is 5.60. The van der Waals surface area contributed by atoms with Gasteiger partial charge in [0.1, 0.15) is 11.5 Å². The molecular weight excluding hydrogens is 259 g/mol. The predicted molar refractivity (Wildman–Crippen MR) is 70.8 cm³/mol. The summed E-state index contributed by atoms with van der Waals surface area (Å²) in [6, 6.07) is 12.7. The van der Waals surface area contributed by atoms with E-state index in [4.69, 9.17) is 33.8 Å². The van der Waals surface area contributed by atoms with Crippen LogP contribution >= 0.6 is 23.2 Å². The second-order valence-corrected chi connectivity index (χ2v) is 4.14. The van der Waals surface area contributed by atoms with Gasteiger partial charge in [-0.15, -0.1) is 0 Å². The fourth-order valence-electron chi connectivity index (χ4n) is 1.37. The lowest BCUT2D eigenvalue weighted by atomic mass is 10.3. The highest BCUT2D eigenvalue weighted by atomic mass is 35.5. The largest absolute Gasteiger partial charge is 0.457 e. The molecule has 0 aliphatic heterocycles. The topological polar surface area (TPSA) is 47.3 Å². The number of halogens is 2. The van der Waals surface area contributed by atoms with E-state index in [2.05, 4.69) is 5.43 Å². The number of ether oxygens (including phenoxy) is 1. The van der Waals surface area contributed by atoms with Gasteiger partial charge in [-0.25, -0.2) is 0 Å². The van der Waals surface area contributed by atoms with Crippen LogP contribution in [0.4, 0.5) is 5.69 Å². The van der Waals surface area contributed by atoms with Crippen LogP contribution in [0.15, 0.2) is 42.5 Å². The SMILES string of the molecule is NNc1c(Cl)cc(Oc2ccccc2)cc1Cl. The first-order valence-electron chi connectivity index (χ1n) is 4.89. The molecule has 0 spiro atoms. The van der Waals surface area contributed by atoms with E-state index in [9.17, 15) is 0 Å². The Morgan fingerprint density at radius 1 is 0.941 bits per heavy atom. The zero-order valence-electron chi connectivity index (χ0n) is 8.78. The summed E-state index contributed by atoms with van der Waals surface area (Å²) in [5, 5.41) is 0.817. The number of nitrogens with two attached hydrogens (primary N) is 1. The van der Waals surface area contributed by atoms with Crippen molar-refractivity contribution < 1.29 is 4.74 Å². The minimum atomic E-state index is 0.408. The Kier molecular flexibility index (Phi) is 3.74. The smallest absolute Gasteiger partial charge is 0.130 e. The molecule has 0 amide bonds. The first-order chi connectivity index (χ1) is 8.20. The molecular formula is C12H10Cl2N2O. The average Bonchev–Trinajstić information content (AvgIpc) is 2.30. The quantitative estimate of drug-likeness (QED) is 0.652. The summed E-state index contributed by atoms with van der Waals surface area (Å²) >= 11 is 12.0. The van der Waals surface area contributed by atoms with Gasteiger partial charge in [0.15, 0.2) is 0 Å². The molecule has 2 aromatic rings. The zero-order chi connectivity index (χ0) is 12.3. The highest BCUT2D eigenvalue weighted by molar-refractivity contribution is 6.39. The summed E-state index contributed by atoms with van der Waals surface area (Å²) in [4.78, 5) is 0. The van der Waals surface area contributed by atoms with Gasteiger partial charge in [0.05, 0.1) is 15.7 Å². The van der Waals surface area contributed by atoms with Crippen molar-refractivity contribution in [2.75, 3.05) is 5.43 Å². The van der Waals surface area contributed by atoms with Crippen molar-refractivity contribution in [3.63, 3.8) is 0 Å². The Hall–Kier alpha value is -1.42. The monoisotopic (exact) mass is 268 g/mol. The Morgan fingerprint density at radius 2 is 1.53 bits per heavy atom. The first kappa shape index (κ1) is 12.0. The molecule has 2 rings (SSSR count). The molecule has 0 aliphatic rings. The molecule has 0 bridgehead atoms. The number of hydrogen-bond donors (Lipinski definition) is 2. The number of hydrazine groups is 1. The molecule has 0 unspecified atom stereocenters. The molecule has 2 aromatic carbocycles. The van der Waals surface area contributed by atoms with Crippen molar-refractivity contribution >= 4 is 28.9 Å². The van der Waals surface area contributed by atoms with Crippen LogP contribution in [0.2, 0.25) is 10.0 Å². The Bertz CT molecular complexity index is 494. The van der Waals surface area contributed by atoms with E-state index < -0.39 is 0 Å². The highest BCUT2D eigenvalue weighted by Crippen LogP contribution is 2.35. The normalized spacial score (nSPS) is 10.1. The molecule has 0 aromatic heterocycles. The van der Waals surface area contributed by atoms with Crippen LogP contribution < -0.4 is 16.0 Å². The van der Waals surface area contributed by atoms with Crippen molar-refractivity contribution in [1.82, 2.24) is 0 Å². The maximum atomic E-state index is 5.99. The van der Waals surface area contributed by atoms with Crippen LogP contribution in [-0.2, 0) is 0 Å². The molecule has 0 fully saturated rings. The highest BCUT2D eigenvalue weighted by Gasteiger charge is 2.08. The average molecular weight is 269 g/mol. The minimum Gasteiger partial charge on any atom is -0.457 e. The third-order valence-corrected chi connectivity index (χ3v) is 2.74. The van der Waals surface area contributed by atoms with E-state index in [1.54, 1.807) is 12.1 Å². The molecule has 0 atom stereocenters. The van der Waals surface area contributed by atoms with Crippen LogP contribution in [0.3, 0.4) is 0 Å². The van der Waals surface area contributed by atoms with Gasteiger partial charge in [-0.05, 0) is 12.1 Å². The van der Waals surface area contributed by atoms with Crippen molar-refractivity contribution in [1.29, 1.82) is 0 Å². The lowest BCUT2D eigenvalue weighted by Crippen LogP contribution is -2.07. The van der Waals surface area contributed by atoms with Crippen molar-refractivity contribution in [3.8, 4) is 11.5 Å². The first-order valence-corrected chi connectivity index (χ1v) is 5.65. The Morgan fingerprint density at radius 3 is 2.06 bits per heavy atom. The molecule has 5 heteroatoms. The number of rotatable bonds is 3. The number of nitrogens with one attached hydrogen (secondary N) is 1. The van der Waals surface area contributed by atoms with E-state index in [0.717, 1.165) is 0 Å². The predicted octanol–water partition coefficient (Wildman–Crippen LogP) is 4.07. The van der Waals surface area contributed by atoms with Gasteiger partial charge in [0.25, 0.3) is 0 Å². The minimum absolute atomic E-state index is 0.408. The van der Waals surface area contributed by atoms with E-state index in [-0.39, 0.29) is 0 Å². The summed E-state index contributed by atoms with van der Waals surface area (Å²) in [6.45, 7) is 0. The maximum Gasteiger partial charge on any atom is 0.130 e. The van der Waals surface area contributed by atoms with Crippen LogP contribution in [0.5, 0.6) is 11.5 Å². The number of anilines is 1. The number of benzene rings is 2. The van der Waals surface area contributed by atoms with Crippen molar-refractivity contribution in [2.45, 2.75) is 0 Å². The Balaban J connectivity index is 2.29. The molecule has 3 N–H and O–H groups in total. The summed E-state index contributed by atoms with van der Waals surface area (Å²) in [6.07, 6.45) is 0. The fourth-order valence-corrected chi connectivity index (χ4v) is 1.95. The molecule has 0 saturated heterocycles.